The standard InChI is InChI=1S/C21H22N2O6/c1-2-10-28-15-8-9-16-17(11-15)18(12-23(21(26)27)19(16)20(24)25)22-29-13-14-6-4-3-5-7-14/h2-9,11,18-19,22H,1,10,12-13H2,(H,24,25)(H,26,27). The van der Waals surface area contributed by atoms with Gasteiger partial charge in [-0.25, -0.2) is 9.59 Å². The molecule has 3 rings (SSSR count). The van der Waals surface area contributed by atoms with Gasteiger partial charge >= 0.3 is 12.1 Å². The van der Waals surface area contributed by atoms with Crippen LogP contribution in [0.25, 0.3) is 0 Å². The highest BCUT2D eigenvalue weighted by molar-refractivity contribution is 5.82. The summed E-state index contributed by atoms with van der Waals surface area (Å²) in [7, 11) is 0. The van der Waals surface area contributed by atoms with Gasteiger partial charge in [0.2, 0.25) is 0 Å². The van der Waals surface area contributed by atoms with Crippen LogP contribution < -0.4 is 10.2 Å². The molecule has 0 fully saturated rings. The van der Waals surface area contributed by atoms with Gasteiger partial charge in [0.1, 0.15) is 12.4 Å². The molecular formula is C21H22N2O6. The highest BCUT2D eigenvalue weighted by Crippen LogP contribution is 2.37. The van der Waals surface area contributed by atoms with Gasteiger partial charge in [-0.05, 0) is 28.8 Å². The maximum Gasteiger partial charge on any atom is 0.408 e. The van der Waals surface area contributed by atoms with Crippen LogP contribution in [0.2, 0.25) is 0 Å². The summed E-state index contributed by atoms with van der Waals surface area (Å²) in [4.78, 5) is 30.0. The third kappa shape index (κ3) is 4.74. The van der Waals surface area contributed by atoms with Gasteiger partial charge < -0.3 is 14.9 Å². The lowest BCUT2D eigenvalue weighted by Gasteiger charge is -2.37. The topological polar surface area (TPSA) is 108 Å². The van der Waals surface area contributed by atoms with Crippen LogP contribution in [0.15, 0.2) is 61.2 Å². The first-order valence-corrected chi connectivity index (χ1v) is 9.02. The molecule has 2 unspecified atom stereocenters. The number of hydrogen-bond donors (Lipinski definition) is 3. The Hall–Kier alpha value is -3.36. The third-order valence-corrected chi connectivity index (χ3v) is 4.57. The van der Waals surface area contributed by atoms with Crippen LogP contribution in [0.5, 0.6) is 5.75 Å². The molecule has 0 saturated carbocycles. The summed E-state index contributed by atoms with van der Waals surface area (Å²) in [5, 5.41) is 19.2. The van der Waals surface area contributed by atoms with Crippen LogP contribution in [0, 0.1) is 0 Å². The molecule has 1 aliphatic heterocycles. The van der Waals surface area contributed by atoms with Crippen molar-refractivity contribution in [3.05, 3.63) is 77.9 Å². The fraction of sp³-hybridized carbons (Fsp3) is 0.238. The number of rotatable bonds is 8. The minimum absolute atomic E-state index is 0.0843. The quantitative estimate of drug-likeness (QED) is 0.463. The fourth-order valence-electron chi connectivity index (χ4n) is 3.27. The van der Waals surface area contributed by atoms with Gasteiger partial charge in [0.15, 0.2) is 6.04 Å². The van der Waals surface area contributed by atoms with Crippen molar-refractivity contribution in [3.8, 4) is 5.75 Å². The van der Waals surface area contributed by atoms with Crippen LogP contribution in [0.4, 0.5) is 4.79 Å². The molecule has 152 valence electrons. The maximum atomic E-state index is 11.8. The van der Waals surface area contributed by atoms with Gasteiger partial charge in [0.05, 0.1) is 12.6 Å². The number of amides is 1. The summed E-state index contributed by atoms with van der Waals surface area (Å²) < 4.78 is 5.55. The van der Waals surface area contributed by atoms with Crippen LogP contribution in [0.3, 0.4) is 0 Å². The number of carboxylic acid groups (broad SMARTS) is 2. The lowest BCUT2D eigenvalue weighted by atomic mass is 9.89. The van der Waals surface area contributed by atoms with Crippen molar-refractivity contribution < 1.29 is 29.4 Å². The summed E-state index contributed by atoms with van der Waals surface area (Å²) in [6.45, 7) is 4.09. The average molecular weight is 398 g/mol. The Morgan fingerprint density at radius 1 is 1.17 bits per heavy atom. The minimum Gasteiger partial charge on any atom is -0.490 e. The van der Waals surface area contributed by atoms with Gasteiger partial charge in [0.25, 0.3) is 0 Å². The van der Waals surface area contributed by atoms with Crippen molar-refractivity contribution in [3.63, 3.8) is 0 Å². The van der Waals surface area contributed by atoms with Crippen LogP contribution in [0.1, 0.15) is 28.8 Å². The first-order valence-electron chi connectivity index (χ1n) is 9.02. The number of fused-ring (bicyclic) bond motifs is 1. The molecular weight excluding hydrogens is 376 g/mol. The van der Waals surface area contributed by atoms with Crippen molar-refractivity contribution in [1.29, 1.82) is 0 Å². The van der Waals surface area contributed by atoms with E-state index in [-0.39, 0.29) is 13.2 Å². The molecule has 2 atom stereocenters. The summed E-state index contributed by atoms with van der Waals surface area (Å²) in [5.41, 5.74) is 4.81. The zero-order chi connectivity index (χ0) is 20.8. The van der Waals surface area contributed by atoms with Gasteiger partial charge in [-0.15, -0.1) is 0 Å². The molecule has 2 aromatic rings. The molecule has 0 aromatic heterocycles. The van der Waals surface area contributed by atoms with Crippen LogP contribution in [-0.4, -0.2) is 40.3 Å². The number of carboxylic acids is 1. The Morgan fingerprint density at radius 2 is 1.93 bits per heavy atom. The highest BCUT2D eigenvalue weighted by Gasteiger charge is 2.40. The Kier molecular flexibility index (Phi) is 6.48. The van der Waals surface area contributed by atoms with Crippen molar-refractivity contribution in [2.75, 3.05) is 13.2 Å². The van der Waals surface area contributed by atoms with Crippen molar-refractivity contribution >= 4 is 12.1 Å². The van der Waals surface area contributed by atoms with Gasteiger partial charge in [-0.3, -0.25) is 9.74 Å². The summed E-state index contributed by atoms with van der Waals surface area (Å²) in [6.07, 6.45) is 0.287. The molecule has 0 spiro atoms. The third-order valence-electron chi connectivity index (χ3n) is 4.57. The molecule has 29 heavy (non-hydrogen) atoms. The molecule has 3 N–H and O–H groups in total. The number of ether oxygens (including phenoxy) is 1. The Labute approximate surface area is 167 Å². The van der Waals surface area contributed by atoms with E-state index in [9.17, 15) is 19.8 Å². The zero-order valence-corrected chi connectivity index (χ0v) is 15.7. The van der Waals surface area contributed by atoms with Crippen LogP contribution in [-0.2, 0) is 16.2 Å². The summed E-state index contributed by atoms with van der Waals surface area (Å²) >= 11 is 0. The first kappa shape index (κ1) is 20.4. The molecule has 1 heterocycles. The van der Waals surface area contributed by atoms with E-state index in [1.807, 2.05) is 30.3 Å². The van der Waals surface area contributed by atoms with E-state index in [0.717, 1.165) is 10.5 Å². The number of benzene rings is 2. The smallest absolute Gasteiger partial charge is 0.408 e. The van der Waals surface area contributed by atoms with E-state index in [2.05, 4.69) is 12.1 Å². The Bertz CT molecular complexity index is 886. The first-order chi connectivity index (χ1) is 14.0. The SMILES string of the molecule is C=CCOc1ccc2c(c1)C(NOCc1ccccc1)CN(C(=O)O)C2C(=O)O. The second-order valence-corrected chi connectivity index (χ2v) is 6.51. The number of aliphatic carboxylic acids is 1. The van der Waals surface area contributed by atoms with E-state index in [0.29, 0.717) is 23.5 Å². The number of nitrogens with zero attached hydrogens (tertiary/aromatic N) is 1. The van der Waals surface area contributed by atoms with Gasteiger partial charge in [-0.1, -0.05) is 49.1 Å². The van der Waals surface area contributed by atoms with E-state index in [1.54, 1.807) is 24.3 Å². The molecule has 1 aliphatic rings. The van der Waals surface area contributed by atoms with E-state index >= 15 is 0 Å². The number of carbonyl (C=O) groups is 2. The molecule has 8 nitrogen and oxygen atoms in total. The predicted molar refractivity (Wildman–Crippen MR) is 104 cm³/mol. The van der Waals surface area contributed by atoms with Gasteiger partial charge in [0, 0.05) is 6.54 Å². The van der Waals surface area contributed by atoms with Crippen molar-refractivity contribution in [1.82, 2.24) is 10.4 Å². The molecule has 0 radical (unpaired) electrons. The average Bonchev–Trinajstić information content (AvgIpc) is 2.72. The number of hydroxylamine groups is 1. The zero-order valence-electron chi connectivity index (χ0n) is 15.7. The predicted octanol–water partition coefficient (Wildman–Crippen LogP) is 3.13. The van der Waals surface area contributed by atoms with E-state index in [1.165, 1.54) is 0 Å². The lowest BCUT2D eigenvalue weighted by molar-refractivity contribution is -0.143. The number of nitrogens with one attached hydrogen (secondary N) is 1. The van der Waals surface area contributed by atoms with Crippen molar-refractivity contribution in [2.45, 2.75) is 18.7 Å². The summed E-state index contributed by atoms with van der Waals surface area (Å²) in [6, 6.07) is 12.5. The molecule has 0 bridgehead atoms. The summed E-state index contributed by atoms with van der Waals surface area (Å²) in [5.74, 6) is -0.705. The maximum absolute atomic E-state index is 11.8. The second-order valence-electron chi connectivity index (χ2n) is 6.51. The Morgan fingerprint density at radius 3 is 2.59 bits per heavy atom. The van der Waals surface area contributed by atoms with Crippen LogP contribution >= 0.6 is 0 Å². The van der Waals surface area contributed by atoms with E-state index < -0.39 is 24.1 Å². The monoisotopic (exact) mass is 398 g/mol. The number of hydrogen-bond acceptors (Lipinski definition) is 5. The Balaban J connectivity index is 1.87. The normalized spacial score (nSPS) is 18.0. The van der Waals surface area contributed by atoms with Crippen molar-refractivity contribution in [2.24, 2.45) is 0 Å². The molecule has 0 saturated heterocycles. The molecule has 2 aromatic carbocycles. The fourth-order valence-corrected chi connectivity index (χ4v) is 3.27. The minimum atomic E-state index is -1.31. The molecule has 0 aliphatic carbocycles. The molecule has 8 heteroatoms. The van der Waals surface area contributed by atoms with Gasteiger partial charge in [-0.2, -0.15) is 5.48 Å². The second kappa shape index (κ2) is 9.22. The molecule has 1 amide bonds. The lowest BCUT2D eigenvalue weighted by Crippen LogP contribution is -2.47. The highest BCUT2D eigenvalue weighted by atomic mass is 16.6. The largest absolute Gasteiger partial charge is 0.490 e. The van der Waals surface area contributed by atoms with E-state index in [4.69, 9.17) is 9.57 Å².